The molecule has 0 radical (unpaired) electrons. The van der Waals surface area contributed by atoms with E-state index < -0.39 is 0 Å². The Morgan fingerprint density at radius 1 is 0.778 bits per heavy atom. The van der Waals surface area contributed by atoms with Crippen molar-refractivity contribution < 1.29 is 0 Å². The Labute approximate surface area is 121 Å². The molecule has 18 heavy (non-hydrogen) atoms. The number of hydrogen-bond donors (Lipinski definition) is 0. The van der Waals surface area contributed by atoms with E-state index in [4.69, 9.17) is 0 Å². The third-order valence-electron chi connectivity index (χ3n) is 3.20. The molecule has 0 atom stereocenters. The van der Waals surface area contributed by atoms with Gasteiger partial charge in [0, 0.05) is 9.49 Å². The van der Waals surface area contributed by atoms with Gasteiger partial charge >= 0.3 is 0 Å². The van der Waals surface area contributed by atoms with E-state index in [0.717, 1.165) is 0 Å². The van der Waals surface area contributed by atoms with Crippen LogP contribution in [0, 0.1) is 3.57 Å². The van der Waals surface area contributed by atoms with Crippen LogP contribution >= 0.6 is 22.6 Å². The first kappa shape index (κ1) is 11.7. The zero-order chi connectivity index (χ0) is 12.4. The fourth-order valence-corrected chi connectivity index (χ4v) is 2.76. The first-order valence-corrected chi connectivity index (χ1v) is 7.12. The van der Waals surface area contributed by atoms with E-state index in [9.17, 15) is 0 Å². The van der Waals surface area contributed by atoms with Crippen LogP contribution in [-0.2, 0) is 0 Å². The molecule has 0 spiro atoms. The van der Waals surface area contributed by atoms with Crippen LogP contribution in [-0.4, -0.2) is 0 Å². The highest BCUT2D eigenvalue weighted by Gasteiger charge is 2.07. The van der Waals surface area contributed by atoms with Crippen LogP contribution in [0.25, 0.3) is 11.1 Å². The first-order chi connectivity index (χ1) is 8.83. The number of halogens is 1. The molecule has 0 aliphatic heterocycles. The molecule has 0 bridgehead atoms. The Balaban J connectivity index is 1.91. The summed E-state index contributed by atoms with van der Waals surface area (Å²) < 4.78 is 1.27. The number of allylic oxidation sites excluding steroid dienone is 4. The van der Waals surface area contributed by atoms with Crippen molar-refractivity contribution in [3.63, 3.8) is 0 Å². The maximum atomic E-state index is 2.35. The Hall–Kier alpha value is -1.35. The second kappa shape index (κ2) is 5.11. The van der Waals surface area contributed by atoms with E-state index in [0.29, 0.717) is 5.92 Å². The summed E-state index contributed by atoms with van der Waals surface area (Å²) in [4.78, 5) is 0. The van der Waals surface area contributed by atoms with Gasteiger partial charge in [-0.1, -0.05) is 60.7 Å². The maximum absolute atomic E-state index is 2.35. The molecule has 1 aliphatic carbocycles. The summed E-state index contributed by atoms with van der Waals surface area (Å²) in [6, 6.07) is 17.5. The smallest absolute Gasteiger partial charge is 0.0204 e. The first-order valence-electron chi connectivity index (χ1n) is 6.04. The van der Waals surface area contributed by atoms with Gasteiger partial charge < -0.3 is 0 Å². The summed E-state index contributed by atoms with van der Waals surface area (Å²) in [5.41, 5.74) is 3.92. The van der Waals surface area contributed by atoms with Crippen LogP contribution in [0.1, 0.15) is 11.5 Å². The summed E-state index contributed by atoms with van der Waals surface area (Å²) in [6.45, 7) is 0. The lowest BCUT2D eigenvalue weighted by atomic mass is 9.97. The van der Waals surface area contributed by atoms with Gasteiger partial charge in [-0.05, 0) is 51.4 Å². The van der Waals surface area contributed by atoms with Gasteiger partial charge in [0.2, 0.25) is 0 Å². The monoisotopic (exact) mass is 344 g/mol. The summed E-state index contributed by atoms with van der Waals surface area (Å²) >= 11 is 2.35. The molecule has 2 aromatic rings. The number of rotatable bonds is 2. The molecule has 1 heteroatoms. The molecule has 0 amide bonds. The van der Waals surface area contributed by atoms with Gasteiger partial charge in [-0.25, -0.2) is 0 Å². The van der Waals surface area contributed by atoms with E-state index in [1.165, 1.54) is 20.3 Å². The van der Waals surface area contributed by atoms with Crippen LogP contribution in [0.15, 0.2) is 72.8 Å². The van der Waals surface area contributed by atoms with Crippen LogP contribution in [0.4, 0.5) is 0 Å². The van der Waals surface area contributed by atoms with Crippen LogP contribution in [0.3, 0.4) is 0 Å². The van der Waals surface area contributed by atoms with Crippen molar-refractivity contribution >= 4 is 22.6 Å². The second-order valence-electron chi connectivity index (χ2n) is 4.43. The zero-order valence-corrected chi connectivity index (χ0v) is 12.0. The van der Waals surface area contributed by atoms with Crippen molar-refractivity contribution in [1.29, 1.82) is 0 Å². The molecular formula is C17H13I. The fraction of sp³-hybridized carbons (Fsp3) is 0.0588. The van der Waals surface area contributed by atoms with E-state index in [1.807, 2.05) is 0 Å². The zero-order valence-electron chi connectivity index (χ0n) is 9.88. The molecule has 0 fully saturated rings. The van der Waals surface area contributed by atoms with Gasteiger partial charge in [0.05, 0.1) is 0 Å². The molecule has 0 aromatic heterocycles. The average molecular weight is 344 g/mol. The van der Waals surface area contributed by atoms with Gasteiger partial charge in [-0.15, -0.1) is 0 Å². The SMILES string of the molecule is Ic1cccc(-c2ccc(C3C=CC=C3)cc2)c1. The van der Waals surface area contributed by atoms with Crippen molar-refractivity contribution in [2.24, 2.45) is 0 Å². The quantitative estimate of drug-likeness (QED) is 0.660. The van der Waals surface area contributed by atoms with E-state index in [2.05, 4.69) is 95.4 Å². The van der Waals surface area contributed by atoms with Gasteiger partial charge in [0.25, 0.3) is 0 Å². The van der Waals surface area contributed by atoms with Gasteiger partial charge in [0.15, 0.2) is 0 Å². The highest BCUT2D eigenvalue weighted by atomic mass is 127. The minimum atomic E-state index is 0.454. The van der Waals surface area contributed by atoms with Crippen molar-refractivity contribution in [2.45, 2.75) is 5.92 Å². The maximum Gasteiger partial charge on any atom is 0.0204 e. The van der Waals surface area contributed by atoms with Gasteiger partial charge in [0.1, 0.15) is 0 Å². The van der Waals surface area contributed by atoms with Crippen molar-refractivity contribution in [2.75, 3.05) is 0 Å². The van der Waals surface area contributed by atoms with Crippen molar-refractivity contribution in [3.05, 3.63) is 82.0 Å². The minimum Gasteiger partial charge on any atom is -0.0732 e. The van der Waals surface area contributed by atoms with Crippen LogP contribution in [0.2, 0.25) is 0 Å². The van der Waals surface area contributed by atoms with Crippen LogP contribution in [0.5, 0.6) is 0 Å². The lowest BCUT2D eigenvalue weighted by Gasteiger charge is -2.08. The molecule has 0 saturated carbocycles. The summed E-state index contributed by atoms with van der Waals surface area (Å²) in [5.74, 6) is 0.454. The largest absolute Gasteiger partial charge is 0.0732 e. The Bertz CT molecular complexity index is 594. The molecule has 88 valence electrons. The number of hydrogen-bond acceptors (Lipinski definition) is 0. The second-order valence-corrected chi connectivity index (χ2v) is 5.67. The standard InChI is InChI=1S/C17H13I/c18-17-7-3-6-16(12-17)15-10-8-14(9-11-15)13-4-1-2-5-13/h1-13H. The fourth-order valence-electron chi connectivity index (χ4n) is 2.22. The Morgan fingerprint density at radius 3 is 2.17 bits per heavy atom. The molecule has 0 nitrogen and oxygen atoms in total. The molecule has 0 heterocycles. The van der Waals surface area contributed by atoms with E-state index in [-0.39, 0.29) is 0 Å². The Morgan fingerprint density at radius 2 is 1.50 bits per heavy atom. The molecule has 0 saturated heterocycles. The van der Waals surface area contributed by atoms with E-state index in [1.54, 1.807) is 0 Å². The topological polar surface area (TPSA) is 0 Å². The predicted molar refractivity (Wildman–Crippen MR) is 85.6 cm³/mol. The summed E-state index contributed by atoms with van der Waals surface area (Å²) in [5, 5.41) is 0. The Kier molecular flexibility index (Phi) is 3.33. The average Bonchev–Trinajstić information content (AvgIpc) is 2.93. The molecule has 0 unspecified atom stereocenters. The third-order valence-corrected chi connectivity index (χ3v) is 3.87. The van der Waals surface area contributed by atoms with Crippen molar-refractivity contribution in [1.82, 2.24) is 0 Å². The summed E-state index contributed by atoms with van der Waals surface area (Å²) in [6.07, 6.45) is 8.66. The lowest BCUT2D eigenvalue weighted by molar-refractivity contribution is 1.10. The van der Waals surface area contributed by atoms with Gasteiger partial charge in [-0.2, -0.15) is 0 Å². The highest BCUT2D eigenvalue weighted by Crippen LogP contribution is 2.26. The lowest BCUT2D eigenvalue weighted by Crippen LogP contribution is -1.88. The molecule has 0 N–H and O–H groups in total. The highest BCUT2D eigenvalue weighted by molar-refractivity contribution is 14.1. The minimum absolute atomic E-state index is 0.454. The van der Waals surface area contributed by atoms with Gasteiger partial charge in [-0.3, -0.25) is 0 Å². The van der Waals surface area contributed by atoms with Crippen molar-refractivity contribution in [3.8, 4) is 11.1 Å². The molecule has 3 rings (SSSR count). The normalized spacial score (nSPS) is 14.3. The molecule has 2 aromatic carbocycles. The molecular weight excluding hydrogens is 331 g/mol. The predicted octanol–water partition coefficient (Wildman–Crippen LogP) is 5.17. The molecule has 1 aliphatic rings. The third kappa shape index (κ3) is 2.41. The van der Waals surface area contributed by atoms with Crippen LogP contribution < -0.4 is 0 Å². The number of benzene rings is 2. The van der Waals surface area contributed by atoms with E-state index >= 15 is 0 Å². The summed E-state index contributed by atoms with van der Waals surface area (Å²) in [7, 11) is 0.